The smallest absolute Gasteiger partial charge is 0.328 e. The fourth-order valence-corrected chi connectivity index (χ4v) is 2.47. The van der Waals surface area contributed by atoms with E-state index in [0.29, 0.717) is 13.0 Å². The van der Waals surface area contributed by atoms with Gasteiger partial charge in [0.25, 0.3) is 5.91 Å². The fourth-order valence-electron chi connectivity index (χ4n) is 2.15. The second kappa shape index (κ2) is 6.37. The van der Waals surface area contributed by atoms with E-state index in [9.17, 15) is 9.59 Å². The normalized spacial score (nSPS) is 18.1. The number of halogens is 2. The third-order valence-electron chi connectivity index (χ3n) is 3.02. The first-order chi connectivity index (χ1) is 9.54. The molecule has 6 nitrogen and oxygen atoms in total. The minimum Gasteiger partial charge on any atom is -0.464 e. The molecule has 1 atom stereocenters. The van der Waals surface area contributed by atoms with Gasteiger partial charge in [0.15, 0.2) is 10.3 Å². The van der Waals surface area contributed by atoms with Gasteiger partial charge >= 0.3 is 5.97 Å². The Morgan fingerprint density at radius 2 is 2.20 bits per heavy atom. The lowest BCUT2D eigenvalue weighted by Gasteiger charge is -2.23. The number of ether oxygens (including phenoxy) is 1. The monoisotopic (exact) mass is 317 g/mol. The van der Waals surface area contributed by atoms with Crippen molar-refractivity contribution in [1.29, 1.82) is 0 Å². The van der Waals surface area contributed by atoms with Crippen molar-refractivity contribution >= 4 is 35.1 Å². The molecule has 0 bridgehead atoms. The number of nitrogens with zero attached hydrogens (tertiary/aromatic N) is 3. The Kier molecular flexibility index (Phi) is 4.77. The lowest BCUT2D eigenvalue weighted by atomic mass is 10.2. The van der Waals surface area contributed by atoms with Gasteiger partial charge in [-0.05, 0) is 25.8 Å². The van der Waals surface area contributed by atoms with Crippen molar-refractivity contribution in [1.82, 2.24) is 15.1 Å². The lowest BCUT2D eigenvalue weighted by Crippen LogP contribution is -2.41. The molecule has 2 heterocycles. The second-order valence-electron chi connectivity index (χ2n) is 4.28. The van der Waals surface area contributed by atoms with E-state index < -0.39 is 12.0 Å². The average molecular weight is 318 g/mol. The van der Waals surface area contributed by atoms with Crippen LogP contribution >= 0.6 is 23.2 Å². The van der Waals surface area contributed by atoms with Crippen LogP contribution in [0.3, 0.4) is 0 Å². The molecule has 0 radical (unpaired) electrons. The van der Waals surface area contributed by atoms with Gasteiger partial charge in [-0.15, -0.1) is 10.2 Å². The maximum atomic E-state index is 12.4. The summed E-state index contributed by atoms with van der Waals surface area (Å²) >= 11 is 11.6. The molecule has 1 saturated heterocycles. The molecule has 1 aliphatic rings. The van der Waals surface area contributed by atoms with E-state index in [1.54, 1.807) is 6.92 Å². The molecule has 0 N–H and O–H groups in total. The zero-order chi connectivity index (χ0) is 14.7. The van der Waals surface area contributed by atoms with Gasteiger partial charge in [-0.25, -0.2) is 4.79 Å². The summed E-state index contributed by atoms with van der Waals surface area (Å²) in [6.45, 7) is 2.47. The number of hydrogen-bond acceptors (Lipinski definition) is 5. The Morgan fingerprint density at radius 3 is 2.90 bits per heavy atom. The van der Waals surface area contributed by atoms with Crippen LogP contribution in [0.15, 0.2) is 6.07 Å². The molecule has 8 heteroatoms. The summed E-state index contributed by atoms with van der Waals surface area (Å²) in [7, 11) is 0. The number of carbonyl (C=O) groups is 2. The zero-order valence-corrected chi connectivity index (χ0v) is 12.3. The number of likely N-dealkylation sites (tertiary alicyclic amines) is 1. The number of carbonyl (C=O) groups excluding carboxylic acids is 2. The van der Waals surface area contributed by atoms with Gasteiger partial charge in [-0.3, -0.25) is 4.79 Å². The Balaban J connectivity index is 2.23. The molecule has 108 valence electrons. The highest BCUT2D eigenvalue weighted by atomic mass is 35.5. The number of esters is 1. The molecule has 20 heavy (non-hydrogen) atoms. The van der Waals surface area contributed by atoms with Gasteiger partial charge in [0, 0.05) is 6.54 Å². The fraction of sp³-hybridized carbons (Fsp3) is 0.500. The third kappa shape index (κ3) is 3.02. The molecule has 1 unspecified atom stereocenters. The molecule has 0 spiro atoms. The summed E-state index contributed by atoms with van der Waals surface area (Å²) in [6.07, 6.45) is 1.31. The van der Waals surface area contributed by atoms with E-state index in [1.807, 2.05) is 0 Å². The molecular formula is C12H13Cl2N3O3. The highest BCUT2D eigenvalue weighted by molar-refractivity contribution is 6.34. The van der Waals surface area contributed by atoms with Crippen molar-refractivity contribution in [2.24, 2.45) is 0 Å². The summed E-state index contributed by atoms with van der Waals surface area (Å²) in [5, 5.41) is 7.19. The van der Waals surface area contributed by atoms with Crippen LogP contribution in [-0.4, -0.2) is 46.2 Å². The van der Waals surface area contributed by atoms with Crippen molar-refractivity contribution in [2.75, 3.05) is 13.2 Å². The van der Waals surface area contributed by atoms with Gasteiger partial charge in [-0.1, -0.05) is 23.2 Å². The minimum atomic E-state index is -0.578. The Hall–Kier alpha value is -1.40. The molecule has 1 aromatic heterocycles. The highest BCUT2D eigenvalue weighted by Gasteiger charge is 2.36. The molecule has 0 saturated carbocycles. The molecule has 0 aromatic carbocycles. The molecule has 2 rings (SSSR count). The first-order valence-electron chi connectivity index (χ1n) is 6.21. The van der Waals surface area contributed by atoms with Crippen LogP contribution in [0.5, 0.6) is 0 Å². The van der Waals surface area contributed by atoms with Gasteiger partial charge in [0.05, 0.1) is 12.2 Å². The average Bonchev–Trinajstić information content (AvgIpc) is 2.90. The summed E-state index contributed by atoms with van der Waals surface area (Å²) in [5.41, 5.74) is 0.142. The molecular weight excluding hydrogens is 305 g/mol. The van der Waals surface area contributed by atoms with Crippen molar-refractivity contribution in [2.45, 2.75) is 25.8 Å². The Labute approximate surface area is 126 Å². The SMILES string of the molecule is CCOC(=O)C1CCCN1C(=O)c1cc(Cl)nnc1Cl. The molecule has 1 aromatic rings. The van der Waals surface area contributed by atoms with Crippen molar-refractivity contribution in [3.63, 3.8) is 0 Å². The van der Waals surface area contributed by atoms with Crippen LogP contribution in [0, 0.1) is 0 Å². The molecule has 1 aliphatic heterocycles. The van der Waals surface area contributed by atoms with Crippen LogP contribution in [-0.2, 0) is 9.53 Å². The Morgan fingerprint density at radius 1 is 1.45 bits per heavy atom. The second-order valence-corrected chi connectivity index (χ2v) is 5.03. The zero-order valence-electron chi connectivity index (χ0n) is 10.8. The van der Waals surface area contributed by atoms with E-state index in [-0.39, 0.29) is 28.4 Å². The predicted octanol–water partition coefficient (Wildman–Crippen LogP) is 1.95. The van der Waals surface area contributed by atoms with E-state index in [4.69, 9.17) is 27.9 Å². The van der Waals surface area contributed by atoms with E-state index >= 15 is 0 Å². The number of amides is 1. The third-order valence-corrected chi connectivity index (χ3v) is 3.49. The maximum absolute atomic E-state index is 12.4. The van der Waals surface area contributed by atoms with Gasteiger partial charge < -0.3 is 9.64 Å². The van der Waals surface area contributed by atoms with Crippen LogP contribution in [0.4, 0.5) is 0 Å². The molecule has 1 fully saturated rings. The molecule has 1 amide bonds. The van der Waals surface area contributed by atoms with Gasteiger partial charge in [0.2, 0.25) is 0 Å². The van der Waals surface area contributed by atoms with Crippen molar-refractivity contribution in [3.8, 4) is 0 Å². The van der Waals surface area contributed by atoms with E-state index in [2.05, 4.69) is 10.2 Å². The summed E-state index contributed by atoms with van der Waals surface area (Å²) in [5.74, 6) is -0.787. The topological polar surface area (TPSA) is 72.4 Å². The minimum absolute atomic E-state index is 0.0334. The van der Waals surface area contributed by atoms with Crippen LogP contribution in [0.25, 0.3) is 0 Å². The predicted molar refractivity (Wildman–Crippen MR) is 72.7 cm³/mol. The summed E-state index contributed by atoms with van der Waals surface area (Å²) in [6, 6.07) is 0.769. The number of hydrogen-bond donors (Lipinski definition) is 0. The van der Waals surface area contributed by atoms with Crippen LogP contribution < -0.4 is 0 Å². The lowest BCUT2D eigenvalue weighted by molar-refractivity contribution is -0.147. The largest absolute Gasteiger partial charge is 0.464 e. The number of aromatic nitrogens is 2. The molecule has 0 aliphatic carbocycles. The van der Waals surface area contributed by atoms with Gasteiger partial charge in [-0.2, -0.15) is 0 Å². The van der Waals surface area contributed by atoms with Crippen molar-refractivity contribution < 1.29 is 14.3 Å². The van der Waals surface area contributed by atoms with E-state index in [1.165, 1.54) is 11.0 Å². The first-order valence-corrected chi connectivity index (χ1v) is 6.96. The standard InChI is InChI=1S/C12H13Cl2N3O3/c1-2-20-12(19)8-4-3-5-17(8)11(18)7-6-9(13)15-16-10(7)14/h6,8H,2-5H2,1H3. The first kappa shape index (κ1) is 15.0. The van der Waals surface area contributed by atoms with Crippen molar-refractivity contribution in [3.05, 3.63) is 21.9 Å². The van der Waals surface area contributed by atoms with Crippen LogP contribution in [0.1, 0.15) is 30.1 Å². The quantitative estimate of drug-likeness (QED) is 0.797. The highest BCUT2D eigenvalue weighted by Crippen LogP contribution is 2.24. The maximum Gasteiger partial charge on any atom is 0.328 e. The van der Waals surface area contributed by atoms with Crippen LogP contribution in [0.2, 0.25) is 10.3 Å². The number of rotatable bonds is 3. The Bertz CT molecular complexity index is 539. The summed E-state index contributed by atoms with van der Waals surface area (Å²) in [4.78, 5) is 25.7. The summed E-state index contributed by atoms with van der Waals surface area (Å²) < 4.78 is 4.98. The van der Waals surface area contributed by atoms with Gasteiger partial charge in [0.1, 0.15) is 6.04 Å². The van der Waals surface area contributed by atoms with E-state index in [0.717, 1.165) is 6.42 Å².